The van der Waals surface area contributed by atoms with Gasteiger partial charge in [0.15, 0.2) is 0 Å². The van der Waals surface area contributed by atoms with Crippen molar-refractivity contribution in [3.63, 3.8) is 0 Å². The number of nitrogens with one attached hydrogen (secondary N) is 1. The molecule has 0 radical (unpaired) electrons. The maximum Gasteiger partial charge on any atom is 0.259 e. The summed E-state index contributed by atoms with van der Waals surface area (Å²) in [4.78, 5) is 12.4. The van der Waals surface area contributed by atoms with E-state index in [0.29, 0.717) is 17.0 Å². The van der Waals surface area contributed by atoms with Gasteiger partial charge in [0.1, 0.15) is 5.75 Å². The van der Waals surface area contributed by atoms with Gasteiger partial charge in [0, 0.05) is 18.1 Å². The number of para-hydroxylation sites is 1. The van der Waals surface area contributed by atoms with Gasteiger partial charge in [-0.15, -0.1) is 0 Å². The number of ether oxygens (including phenoxy) is 1. The fourth-order valence-electron chi connectivity index (χ4n) is 2.18. The molecule has 0 spiro atoms. The fourth-order valence-corrected chi connectivity index (χ4v) is 2.18. The van der Waals surface area contributed by atoms with Gasteiger partial charge in [-0.2, -0.15) is 5.10 Å². The molecule has 5 heteroatoms. The molecule has 1 N–H and O–H groups in total. The Hall–Kier alpha value is -3.08. The smallest absolute Gasteiger partial charge is 0.259 e. The van der Waals surface area contributed by atoms with E-state index in [2.05, 4.69) is 10.4 Å². The number of amides is 1. The largest absolute Gasteiger partial charge is 0.496 e. The summed E-state index contributed by atoms with van der Waals surface area (Å²) < 4.78 is 6.95. The number of carbonyl (C=O) groups is 1. The van der Waals surface area contributed by atoms with Crippen LogP contribution in [0.3, 0.4) is 0 Å². The fraction of sp³-hybridized carbons (Fsp3) is 0.0588. The maximum absolute atomic E-state index is 12.4. The number of nitrogens with zero attached hydrogens (tertiary/aromatic N) is 2. The highest BCUT2D eigenvalue weighted by molar-refractivity contribution is 6.06. The number of anilines is 1. The van der Waals surface area contributed by atoms with E-state index in [4.69, 9.17) is 4.74 Å². The van der Waals surface area contributed by atoms with Gasteiger partial charge < -0.3 is 10.1 Å². The van der Waals surface area contributed by atoms with Gasteiger partial charge in [0.25, 0.3) is 5.91 Å². The SMILES string of the molecule is COc1ccccc1C(=O)Nc1cccc(-n2cccn2)c1. The van der Waals surface area contributed by atoms with Gasteiger partial charge in [-0.05, 0) is 36.4 Å². The molecule has 3 rings (SSSR count). The van der Waals surface area contributed by atoms with E-state index in [1.165, 1.54) is 0 Å². The summed E-state index contributed by atoms with van der Waals surface area (Å²) >= 11 is 0. The van der Waals surface area contributed by atoms with Crippen molar-refractivity contribution in [1.29, 1.82) is 0 Å². The summed E-state index contributed by atoms with van der Waals surface area (Å²) in [7, 11) is 1.55. The Kier molecular flexibility index (Phi) is 3.87. The number of hydrogen-bond acceptors (Lipinski definition) is 3. The number of carbonyl (C=O) groups excluding carboxylic acids is 1. The van der Waals surface area contributed by atoms with E-state index in [0.717, 1.165) is 5.69 Å². The molecule has 0 aliphatic heterocycles. The van der Waals surface area contributed by atoms with Crippen LogP contribution in [0.25, 0.3) is 5.69 Å². The normalized spacial score (nSPS) is 10.2. The molecule has 2 aromatic carbocycles. The molecule has 0 aliphatic rings. The van der Waals surface area contributed by atoms with Crippen LogP contribution in [0.5, 0.6) is 5.75 Å². The molecule has 1 amide bonds. The number of aromatic nitrogens is 2. The highest BCUT2D eigenvalue weighted by Crippen LogP contribution is 2.20. The lowest BCUT2D eigenvalue weighted by Crippen LogP contribution is -2.13. The van der Waals surface area contributed by atoms with Crippen molar-refractivity contribution in [2.24, 2.45) is 0 Å². The van der Waals surface area contributed by atoms with E-state index in [1.807, 2.05) is 42.6 Å². The van der Waals surface area contributed by atoms with E-state index >= 15 is 0 Å². The van der Waals surface area contributed by atoms with Crippen molar-refractivity contribution < 1.29 is 9.53 Å². The third-order valence-corrected chi connectivity index (χ3v) is 3.22. The minimum atomic E-state index is -0.213. The van der Waals surface area contributed by atoms with Crippen LogP contribution in [-0.2, 0) is 0 Å². The molecule has 0 atom stereocenters. The van der Waals surface area contributed by atoms with Crippen molar-refractivity contribution in [2.45, 2.75) is 0 Å². The topological polar surface area (TPSA) is 56.1 Å². The van der Waals surface area contributed by atoms with E-state index in [1.54, 1.807) is 36.2 Å². The molecule has 0 aliphatic carbocycles. The first-order valence-corrected chi connectivity index (χ1v) is 6.82. The van der Waals surface area contributed by atoms with E-state index < -0.39 is 0 Å². The van der Waals surface area contributed by atoms with Crippen LogP contribution < -0.4 is 10.1 Å². The molecule has 0 bridgehead atoms. The molecule has 22 heavy (non-hydrogen) atoms. The first-order chi connectivity index (χ1) is 10.8. The van der Waals surface area contributed by atoms with Crippen LogP contribution in [-0.4, -0.2) is 22.8 Å². The third-order valence-electron chi connectivity index (χ3n) is 3.22. The van der Waals surface area contributed by atoms with Crippen molar-refractivity contribution in [3.05, 3.63) is 72.6 Å². The van der Waals surface area contributed by atoms with Crippen molar-refractivity contribution >= 4 is 11.6 Å². The van der Waals surface area contributed by atoms with Crippen LogP contribution in [0, 0.1) is 0 Å². The predicted octanol–water partition coefficient (Wildman–Crippen LogP) is 3.13. The standard InChI is InChI=1S/C17H15N3O2/c1-22-16-9-3-2-8-15(16)17(21)19-13-6-4-7-14(12-13)20-11-5-10-18-20/h2-12H,1H3,(H,19,21). The molecular formula is C17H15N3O2. The Morgan fingerprint density at radius 3 is 2.77 bits per heavy atom. The summed E-state index contributed by atoms with van der Waals surface area (Å²) in [5.74, 6) is 0.332. The van der Waals surface area contributed by atoms with Gasteiger partial charge in [-0.1, -0.05) is 18.2 Å². The highest BCUT2D eigenvalue weighted by Gasteiger charge is 2.11. The lowest BCUT2D eigenvalue weighted by molar-refractivity contribution is 0.102. The Morgan fingerprint density at radius 1 is 1.14 bits per heavy atom. The van der Waals surface area contributed by atoms with Gasteiger partial charge >= 0.3 is 0 Å². The van der Waals surface area contributed by atoms with Gasteiger partial charge in [0.05, 0.1) is 18.4 Å². The summed E-state index contributed by atoms with van der Waals surface area (Å²) in [6, 6.07) is 16.5. The van der Waals surface area contributed by atoms with Crippen LogP contribution in [0.2, 0.25) is 0 Å². The first kappa shape index (κ1) is 13.9. The second-order valence-corrected chi connectivity index (χ2v) is 4.66. The van der Waals surface area contributed by atoms with Crippen LogP contribution in [0.15, 0.2) is 67.0 Å². The number of methoxy groups -OCH3 is 1. The number of rotatable bonds is 4. The Bertz CT molecular complexity index is 782. The molecule has 0 saturated carbocycles. The van der Waals surface area contributed by atoms with Gasteiger partial charge in [-0.3, -0.25) is 4.79 Å². The summed E-state index contributed by atoms with van der Waals surface area (Å²) in [5, 5.41) is 7.05. The minimum Gasteiger partial charge on any atom is -0.496 e. The zero-order valence-corrected chi connectivity index (χ0v) is 12.1. The third kappa shape index (κ3) is 2.83. The van der Waals surface area contributed by atoms with Crippen LogP contribution in [0.4, 0.5) is 5.69 Å². The average Bonchev–Trinajstić information content (AvgIpc) is 3.09. The lowest BCUT2D eigenvalue weighted by Gasteiger charge is -2.10. The molecule has 3 aromatic rings. The molecular weight excluding hydrogens is 278 g/mol. The zero-order valence-electron chi connectivity index (χ0n) is 12.1. The summed E-state index contributed by atoms with van der Waals surface area (Å²) in [6.07, 6.45) is 3.56. The number of hydrogen-bond donors (Lipinski definition) is 1. The summed E-state index contributed by atoms with van der Waals surface area (Å²) in [6.45, 7) is 0. The van der Waals surface area contributed by atoms with E-state index in [-0.39, 0.29) is 5.91 Å². The molecule has 0 saturated heterocycles. The number of benzene rings is 2. The Labute approximate surface area is 128 Å². The van der Waals surface area contributed by atoms with E-state index in [9.17, 15) is 4.79 Å². The quantitative estimate of drug-likeness (QED) is 0.804. The average molecular weight is 293 g/mol. The van der Waals surface area contributed by atoms with Crippen molar-refractivity contribution in [3.8, 4) is 11.4 Å². The minimum absolute atomic E-state index is 0.213. The molecule has 1 aromatic heterocycles. The Balaban J connectivity index is 1.84. The molecule has 0 unspecified atom stereocenters. The van der Waals surface area contributed by atoms with Crippen LogP contribution in [0.1, 0.15) is 10.4 Å². The predicted molar refractivity (Wildman–Crippen MR) is 84.5 cm³/mol. The second-order valence-electron chi connectivity index (χ2n) is 4.66. The van der Waals surface area contributed by atoms with Crippen molar-refractivity contribution in [1.82, 2.24) is 9.78 Å². The van der Waals surface area contributed by atoms with Gasteiger partial charge in [0.2, 0.25) is 0 Å². The monoisotopic (exact) mass is 293 g/mol. The molecule has 1 heterocycles. The van der Waals surface area contributed by atoms with Gasteiger partial charge in [-0.25, -0.2) is 4.68 Å². The first-order valence-electron chi connectivity index (χ1n) is 6.82. The van der Waals surface area contributed by atoms with Crippen LogP contribution >= 0.6 is 0 Å². The maximum atomic E-state index is 12.4. The zero-order chi connectivity index (χ0) is 15.4. The summed E-state index contributed by atoms with van der Waals surface area (Å²) in [5.41, 5.74) is 2.07. The second kappa shape index (κ2) is 6.13. The molecule has 110 valence electrons. The Morgan fingerprint density at radius 2 is 2.00 bits per heavy atom. The lowest BCUT2D eigenvalue weighted by atomic mass is 10.2. The highest BCUT2D eigenvalue weighted by atomic mass is 16.5. The molecule has 0 fully saturated rings. The van der Waals surface area contributed by atoms with Crippen molar-refractivity contribution in [2.75, 3.05) is 12.4 Å². The molecule has 5 nitrogen and oxygen atoms in total.